The van der Waals surface area contributed by atoms with Crippen LogP contribution in [0.15, 0.2) is 35.9 Å². The Morgan fingerprint density at radius 2 is 2.16 bits per heavy atom. The molecule has 6 nitrogen and oxygen atoms in total. The summed E-state index contributed by atoms with van der Waals surface area (Å²) < 4.78 is 0. The van der Waals surface area contributed by atoms with E-state index in [0.717, 1.165) is 39.4 Å². The number of carbonyl (C=O) groups is 2. The summed E-state index contributed by atoms with van der Waals surface area (Å²) in [6.45, 7) is 7.47. The van der Waals surface area contributed by atoms with Crippen molar-refractivity contribution in [1.29, 1.82) is 0 Å². The lowest BCUT2D eigenvalue weighted by Gasteiger charge is -2.30. The summed E-state index contributed by atoms with van der Waals surface area (Å²) in [6, 6.07) is 5.92. The highest BCUT2D eigenvalue weighted by Gasteiger charge is 2.26. The number of aryl methyl sites for hydroxylation is 3. The minimum Gasteiger partial charge on any atom is -0.354 e. The topological polar surface area (TPSA) is 78.1 Å². The van der Waals surface area contributed by atoms with Crippen LogP contribution in [0.3, 0.4) is 0 Å². The van der Waals surface area contributed by atoms with Crippen LogP contribution >= 0.6 is 11.3 Å². The molecule has 0 bridgehead atoms. The van der Waals surface area contributed by atoms with E-state index in [2.05, 4.69) is 15.3 Å². The number of hydrogen-bond acceptors (Lipinski definition) is 4. The summed E-state index contributed by atoms with van der Waals surface area (Å²) in [4.78, 5) is 35.9. The van der Waals surface area contributed by atoms with Crippen LogP contribution in [0.5, 0.6) is 0 Å². The number of nitrogens with one attached hydrogen (secondary N) is 2. The average molecular weight is 435 g/mol. The Morgan fingerprint density at radius 1 is 1.32 bits per heavy atom. The number of aromatic nitrogens is 2. The number of nitrogens with zero attached hydrogens (tertiary/aromatic N) is 2. The van der Waals surface area contributed by atoms with Crippen molar-refractivity contribution in [1.82, 2.24) is 20.2 Å². The number of carbonyl (C=O) groups excluding carboxylic acids is 2. The molecule has 0 saturated heterocycles. The molecule has 0 saturated carbocycles. The Balaban J connectivity index is 1.46. The zero-order valence-corrected chi connectivity index (χ0v) is 18.8. The van der Waals surface area contributed by atoms with Crippen molar-refractivity contribution >= 4 is 29.2 Å². The number of amides is 2. The monoisotopic (exact) mass is 434 g/mol. The van der Waals surface area contributed by atoms with Gasteiger partial charge in [-0.05, 0) is 73.0 Å². The fourth-order valence-corrected chi connectivity index (χ4v) is 4.64. The molecule has 0 spiro atoms. The first-order chi connectivity index (χ1) is 14.9. The highest BCUT2D eigenvalue weighted by molar-refractivity contribution is 7.10. The molecule has 2 N–H and O–H groups in total. The third kappa shape index (κ3) is 4.61. The van der Waals surface area contributed by atoms with Gasteiger partial charge in [-0.3, -0.25) is 14.6 Å². The number of rotatable bonds is 5. The van der Waals surface area contributed by atoms with E-state index in [4.69, 9.17) is 0 Å². The zero-order valence-electron chi connectivity index (χ0n) is 18.0. The third-order valence-electron chi connectivity index (χ3n) is 5.63. The molecule has 7 heteroatoms. The smallest absolute Gasteiger partial charge is 0.270 e. The minimum atomic E-state index is -0.129. The van der Waals surface area contributed by atoms with E-state index in [9.17, 15) is 9.59 Å². The fraction of sp³-hybridized carbons (Fsp3) is 0.292. The van der Waals surface area contributed by atoms with Crippen LogP contribution in [-0.4, -0.2) is 33.2 Å². The molecule has 4 rings (SSSR count). The molecule has 0 radical (unpaired) electrons. The van der Waals surface area contributed by atoms with E-state index in [1.807, 2.05) is 61.5 Å². The molecule has 3 aromatic heterocycles. The Kier molecular flexibility index (Phi) is 6.04. The van der Waals surface area contributed by atoms with Crippen molar-refractivity contribution in [2.45, 2.75) is 40.3 Å². The van der Waals surface area contributed by atoms with Gasteiger partial charge in [0.05, 0.1) is 0 Å². The lowest BCUT2D eigenvalue weighted by molar-refractivity contribution is -0.116. The number of pyridine rings is 1. The first-order valence-corrected chi connectivity index (χ1v) is 11.2. The van der Waals surface area contributed by atoms with E-state index in [-0.39, 0.29) is 11.8 Å². The molecule has 1 aliphatic rings. The van der Waals surface area contributed by atoms with Gasteiger partial charge in [0.2, 0.25) is 5.91 Å². The van der Waals surface area contributed by atoms with Gasteiger partial charge in [0.15, 0.2) is 0 Å². The maximum atomic E-state index is 13.0. The van der Waals surface area contributed by atoms with Gasteiger partial charge in [0.25, 0.3) is 5.91 Å². The molecule has 4 heterocycles. The van der Waals surface area contributed by atoms with Crippen molar-refractivity contribution in [2.24, 2.45) is 0 Å². The van der Waals surface area contributed by atoms with E-state index in [0.29, 0.717) is 25.3 Å². The maximum absolute atomic E-state index is 13.0. The van der Waals surface area contributed by atoms with Gasteiger partial charge in [0, 0.05) is 48.2 Å². The predicted molar refractivity (Wildman–Crippen MR) is 123 cm³/mol. The molecule has 0 aliphatic carbocycles. The first kappa shape index (κ1) is 21.1. The molecule has 2 amide bonds. The van der Waals surface area contributed by atoms with Crippen LogP contribution in [0, 0.1) is 20.8 Å². The van der Waals surface area contributed by atoms with Crippen LogP contribution in [0.1, 0.15) is 49.0 Å². The summed E-state index contributed by atoms with van der Waals surface area (Å²) >= 11 is 1.59. The quantitative estimate of drug-likeness (QED) is 0.598. The molecular weight excluding hydrogens is 408 g/mol. The van der Waals surface area contributed by atoms with Gasteiger partial charge in [-0.25, -0.2) is 0 Å². The molecular formula is C24H26N4O2S. The van der Waals surface area contributed by atoms with Gasteiger partial charge >= 0.3 is 0 Å². The Bertz CT molecular complexity index is 1140. The predicted octanol–water partition coefficient (Wildman–Crippen LogP) is 3.92. The van der Waals surface area contributed by atoms with Gasteiger partial charge < -0.3 is 15.2 Å². The second kappa shape index (κ2) is 8.89. The largest absolute Gasteiger partial charge is 0.354 e. The standard InChI is InChI=1S/C24H26N4O2S/c1-15-11-16(2)27-23(15)24(30)28-9-8-20-18(14-28)12-25-17(3)21(20)13-26-22(29)7-6-19-5-4-10-31-19/h4-7,10-12,27H,8-9,13-14H2,1-3H3,(H,26,29). The molecule has 31 heavy (non-hydrogen) atoms. The summed E-state index contributed by atoms with van der Waals surface area (Å²) in [5, 5.41) is 4.96. The van der Waals surface area contributed by atoms with Crippen molar-refractivity contribution in [3.05, 3.63) is 80.1 Å². The zero-order chi connectivity index (χ0) is 22.0. The second-order valence-electron chi connectivity index (χ2n) is 7.88. The van der Waals surface area contributed by atoms with Crippen molar-refractivity contribution in [3.63, 3.8) is 0 Å². The molecule has 3 aromatic rings. The maximum Gasteiger partial charge on any atom is 0.270 e. The minimum absolute atomic E-state index is 0.0189. The summed E-state index contributed by atoms with van der Waals surface area (Å²) in [6.07, 6.45) is 5.99. The van der Waals surface area contributed by atoms with Crippen LogP contribution in [0.25, 0.3) is 6.08 Å². The van der Waals surface area contributed by atoms with Gasteiger partial charge in [0.1, 0.15) is 5.69 Å². The molecule has 0 aromatic carbocycles. The van der Waals surface area contributed by atoms with Gasteiger partial charge in [-0.1, -0.05) is 6.07 Å². The molecule has 0 fully saturated rings. The molecule has 1 aliphatic heterocycles. The SMILES string of the molecule is Cc1cc(C)c(C(=O)N2CCc3c(cnc(C)c3CNC(=O)C=Cc3cccs3)C2)[nH]1. The van der Waals surface area contributed by atoms with Crippen molar-refractivity contribution in [2.75, 3.05) is 6.54 Å². The van der Waals surface area contributed by atoms with Gasteiger partial charge in [-0.15, -0.1) is 11.3 Å². The number of thiophene rings is 1. The Labute approximate surface area is 186 Å². The summed E-state index contributed by atoms with van der Waals surface area (Å²) in [5.41, 5.74) is 6.82. The van der Waals surface area contributed by atoms with E-state index in [1.54, 1.807) is 17.4 Å². The summed E-state index contributed by atoms with van der Waals surface area (Å²) in [5.74, 6) is -0.110. The second-order valence-corrected chi connectivity index (χ2v) is 8.86. The van der Waals surface area contributed by atoms with Crippen LogP contribution < -0.4 is 5.32 Å². The van der Waals surface area contributed by atoms with Gasteiger partial charge in [-0.2, -0.15) is 0 Å². The molecule has 160 valence electrons. The van der Waals surface area contributed by atoms with Crippen LogP contribution in [0.4, 0.5) is 0 Å². The third-order valence-corrected chi connectivity index (χ3v) is 6.47. The normalized spacial score (nSPS) is 13.5. The fourth-order valence-electron chi connectivity index (χ4n) is 4.02. The number of fused-ring (bicyclic) bond motifs is 1. The first-order valence-electron chi connectivity index (χ1n) is 10.3. The molecule has 0 atom stereocenters. The van der Waals surface area contributed by atoms with Crippen LogP contribution in [0.2, 0.25) is 0 Å². The van der Waals surface area contributed by atoms with Crippen LogP contribution in [-0.2, 0) is 24.3 Å². The highest BCUT2D eigenvalue weighted by atomic mass is 32.1. The number of aromatic amines is 1. The van der Waals surface area contributed by atoms with E-state index in [1.165, 1.54) is 5.56 Å². The van der Waals surface area contributed by atoms with E-state index < -0.39 is 0 Å². The number of hydrogen-bond donors (Lipinski definition) is 2. The lowest BCUT2D eigenvalue weighted by atomic mass is 9.94. The Morgan fingerprint density at radius 3 is 2.87 bits per heavy atom. The summed E-state index contributed by atoms with van der Waals surface area (Å²) in [7, 11) is 0. The average Bonchev–Trinajstić information content (AvgIpc) is 3.39. The highest BCUT2D eigenvalue weighted by Crippen LogP contribution is 2.25. The lowest BCUT2D eigenvalue weighted by Crippen LogP contribution is -2.37. The van der Waals surface area contributed by atoms with E-state index >= 15 is 0 Å². The van der Waals surface area contributed by atoms with Crippen molar-refractivity contribution in [3.8, 4) is 0 Å². The Hall–Kier alpha value is -3.19. The number of H-pyrrole nitrogens is 1. The van der Waals surface area contributed by atoms with Crippen molar-refractivity contribution < 1.29 is 9.59 Å². The molecule has 0 unspecified atom stereocenters.